The molecule has 0 aliphatic heterocycles. The molecular formula is C25H31BrN2O3. The molecule has 3 aliphatic carbocycles. The summed E-state index contributed by atoms with van der Waals surface area (Å²) in [5.41, 5.74) is 1.69. The second-order valence-corrected chi connectivity index (χ2v) is 10.8. The predicted octanol–water partition coefficient (Wildman–Crippen LogP) is 5.78. The number of hydrogen-bond acceptors (Lipinski definition) is 3. The lowest BCUT2D eigenvalue weighted by atomic mass is 9.65. The van der Waals surface area contributed by atoms with Crippen LogP contribution in [0.5, 0.6) is 0 Å². The minimum atomic E-state index is -0.857. The third-order valence-corrected chi connectivity index (χ3v) is 8.77. The molecule has 3 fully saturated rings. The number of hydrogen-bond donors (Lipinski definition) is 2. The number of imidazole rings is 1. The summed E-state index contributed by atoms with van der Waals surface area (Å²) in [6, 6.07) is 9.71. The Balaban J connectivity index is 1.45. The lowest BCUT2D eigenvalue weighted by molar-refractivity contribution is -0.151. The largest absolute Gasteiger partial charge is 0.481 e. The van der Waals surface area contributed by atoms with Crippen LogP contribution in [0.1, 0.15) is 79.0 Å². The maximum absolute atomic E-state index is 12.5. The summed E-state index contributed by atoms with van der Waals surface area (Å²) < 4.78 is 6.61. The zero-order chi connectivity index (χ0) is 21.6. The van der Waals surface area contributed by atoms with Crippen LogP contribution in [-0.2, 0) is 20.5 Å². The topological polar surface area (TPSA) is 75.2 Å². The van der Waals surface area contributed by atoms with Crippen molar-refractivity contribution in [3.63, 3.8) is 0 Å². The number of H-pyrrole nitrogens is 1. The Hall–Kier alpha value is -1.66. The van der Waals surface area contributed by atoms with Crippen molar-refractivity contribution in [2.24, 2.45) is 11.8 Å². The number of nitrogens with one attached hydrogen (secondary N) is 1. The molecule has 2 aromatic rings. The molecule has 1 aromatic carbocycles. The van der Waals surface area contributed by atoms with E-state index in [1.807, 2.05) is 30.3 Å². The molecule has 6 heteroatoms. The Bertz CT molecular complexity index is 941. The molecule has 1 atom stereocenters. The van der Waals surface area contributed by atoms with Gasteiger partial charge in [0.15, 0.2) is 0 Å². The van der Waals surface area contributed by atoms with E-state index in [4.69, 9.17) is 9.72 Å². The van der Waals surface area contributed by atoms with Gasteiger partial charge in [-0.1, -0.05) is 46.3 Å². The van der Waals surface area contributed by atoms with Crippen molar-refractivity contribution in [2.75, 3.05) is 6.61 Å². The number of carboxylic acids is 1. The molecule has 0 saturated heterocycles. The van der Waals surface area contributed by atoms with E-state index in [0.717, 1.165) is 29.4 Å². The second kappa shape index (κ2) is 8.04. The molecule has 1 heterocycles. The van der Waals surface area contributed by atoms with Gasteiger partial charge in [-0.05, 0) is 75.7 Å². The van der Waals surface area contributed by atoms with Crippen LogP contribution in [0.3, 0.4) is 0 Å². The summed E-state index contributed by atoms with van der Waals surface area (Å²) in [5, 5.41) is 10.2. The van der Waals surface area contributed by atoms with E-state index in [0.29, 0.717) is 37.5 Å². The van der Waals surface area contributed by atoms with Crippen LogP contribution < -0.4 is 0 Å². The lowest BCUT2D eigenvalue weighted by Gasteiger charge is -2.43. The third kappa shape index (κ3) is 3.97. The highest BCUT2D eigenvalue weighted by atomic mass is 79.9. The van der Waals surface area contributed by atoms with Crippen LogP contribution in [0.25, 0.3) is 0 Å². The van der Waals surface area contributed by atoms with Gasteiger partial charge in [-0.3, -0.25) is 4.79 Å². The number of rotatable bonds is 8. The summed E-state index contributed by atoms with van der Waals surface area (Å²) in [6.07, 6.45) is 7.37. The number of aromatic amines is 1. The molecule has 5 nitrogen and oxygen atoms in total. The fourth-order valence-electron chi connectivity index (χ4n) is 5.05. The average Bonchev–Trinajstić information content (AvgIpc) is 3.71. The Kier molecular flexibility index (Phi) is 5.50. The minimum Gasteiger partial charge on any atom is -0.481 e. The summed E-state index contributed by atoms with van der Waals surface area (Å²) >= 11 is 3.86. The normalized spacial score (nSPS) is 29.6. The molecule has 2 N–H and O–H groups in total. The maximum atomic E-state index is 12.5. The van der Waals surface area contributed by atoms with Gasteiger partial charge >= 0.3 is 5.97 Å². The van der Waals surface area contributed by atoms with E-state index in [9.17, 15) is 9.90 Å². The van der Waals surface area contributed by atoms with Crippen LogP contribution in [0, 0.1) is 18.8 Å². The molecule has 0 amide bonds. The molecule has 5 rings (SSSR count). The maximum Gasteiger partial charge on any atom is 0.314 e. The quantitative estimate of drug-likeness (QED) is 0.463. The van der Waals surface area contributed by atoms with Gasteiger partial charge in [0.2, 0.25) is 0 Å². The standard InChI is InChI=1S/C25H31BrN2O3/c1-16-21(20(26)18-9-10-18)28-22(27-16)25(31-15-17-7-8-17)13-11-24(12-14-25,23(29)30)19-5-3-2-4-6-19/h2-6,17-18,20H,7-15H2,1H3,(H,27,28)(H,29,30). The van der Waals surface area contributed by atoms with E-state index in [1.165, 1.54) is 25.7 Å². The van der Waals surface area contributed by atoms with Crippen molar-refractivity contribution in [3.05, 3.63) is 53.1 Å². The number of carboxylic acid groups (broad SMARTS) is 1. The van der Waals surface area contributed by atoms with Crippen molar-refractivity contribution in [1.29, 1.82) is 0 Å². The molecule has 1 aromatic heterocycles. The number of halogens is 1. The number of nitrogens with zero attached hydrogens (tertiary/aromatic N) is 1. The van der Waals surface area contributed by atoms with Crippen molar-refractivity contribution in [2.45, 2.75) is 74.1 Å². The van der Waals surface area contributed by atoms with Gasteiger partial charge in [-0.25, -0.2) is 4.98 Å². The van der Waals surface area contributed by atoms with Crippen molar-refractivity contribution in [1.82, 2.24) is 9.97 Å². The van der Waals surface area contributed by atoms with E-state index in [1.54, 1.807) is 0 Å². The number of aryl methyl sites for hydroxylation is 1. The first-order valence-corrected chi connectivity index (χ1v) is 12.5. The average molecular weight is 487 g/mol. The number of alkyl halides is 1. The van der Waals surface area contributed by atoms with E-state index < -0.39 is 17.0 Å². The molecule has 0 radical (unpaired) electrons. The highest BCUT2D eigenvalue weighted by molar-refractivity contribution is 9.09. The Morgan fingerprint density at radius 2 is 1.87 bits per heavy atom. The van der Waals surface area contributed by atoms with Crippen LogP contribution in [-0.4, -0.2) is 27.7 Å². The number of aromatic nitrogens is 2. The Morgan fingerprint density at radius 1 is 1.19 bits per heavy atom. The molecule has 0 spiro atoms. The Morgan fingerprint density at radius 3 is 2.45 bits per heavy atom. The summed E-state index contributed by atoms with van der Waals surface area (Å²) in [7, 11) is 0. The van der Waals surface area contributed by atoms with Gasteiger partial charge in [0.05, 0.1) is 22.5 Å². The van der Waals surface area contributed by atoms with Gasteiger partial charge < -0.3 is 14.8 Å². The van der Waals surface area contributed by atoms with Gasteiger partial charge in [-0.15, -0.1) is 0 Å². The van der Waals surface area contributed by atoms with Gasteiger partial charge in [0.25, 0.3) is 0 Å². The molecule has 1 unspecified atom stereocenters. The molecule has 3 aliphatic rings. The summed E-state index contributed by atoms with van der Waals surface area (Å²) in [6.45, 7) is 2.83. The van der Waals surface area contributed by atoms with Crippen LogP contribution in [0.15, 0.2) is 30.3 Å². The van der Waals surface area contributed by atoms with Crippen LogP contribution in [0.2, 0.25) is 0 Å². The van der Waals surface area contributed by atoms with E-state index >= 15 is 0 Å². The van der Waals surface area contributed by atoms with E-state index in [2.05, 4.69) is 27.8 Å². The number of benzene rings is 1. The zero-order valence-electron chi connectivity index (χ0n) is 18.1. The van der Waals surface area contributed by atoms with Gasteiger partial charge in [0.1, 0.15) is 11.4 Å². The number of ether oxygens (including phenoxy) is 1. The van der Waals surface area contributed by atoms with Crippen LogP contribution in [0.4, 0.5) is 0 Å². The van der Waals surface area contributed by atoms with Crippen LogP contribution >= 0.6 is 15.9 Å². The predicted molar refractivity (Wildman–Crippen MR) is 122 cm³/mol. The highest BCUT2D eigenvalue weighted by Crippen LogP contribution is 2.51. The monoisotopic (exact) mass is 486 g/mol. The second-order valence-electron chi connectivity index (χ2n) is 9.84. The smallest absolute Gasteiger partial charge is 0.314 e. The molecule has 3 saturated carbocycles. The number of carbonyl (C=O) groups is 1. The first-order chi connectivity index (χ1) is 14.9. The zero-order valence-corrected chi connectivity index (χ0v) is 19.7. The minimum absolute atomic E-state index is 0.281. The Labute approximate surface area is 192 Å². The summed E-state index contributed by atoms with van der Waals surface area (Å²) in [4.78, 5) is 21.3. The molecule has 0 bridgehead atoms. The van der Waals surface area contributed by atoms with Crippen molar-refractivity contribution < 1.29 is 14.6 Å². The van der Waals surface area contributed by atoms with Gasteiger partial charge in [0, 0.05) is 5.69 Å². The summed E-state index contributed by atoms with van der Waals surface area (Å²) in [5.74, 6) is 1.46. The highest BCUT2D eigenvalue weighted by Gasteiger charge is 2.51. The third-order valence-electron chi connectivity index (χ3n) is 7.59. The molecule has 166 valence electrons. The fraction of sp³-hybridized carbons (Fsp3) is 0.600. The van der Waals surface area contributed by atoms with Crippen molar-refractivity contribution in [3.8, 4) is 0 Å². The van der Waals surface area contributed by atoms with Crippen molar-refractivity contribution >= 4 is 21.9 Å². The first kappa shape index (κ1) is 21.2. The lowest BCUT2D eigenvalue weighted by Crippen LogP contribution is -2.46. The van der Waals surface area contributed by atoms with Gasteiger partial charge in [-0.2, -0.15) is 0 Å². The molecule has 31 heavy (non-hydrogen) atoms. The SMILES string of the molecule is Cc1[nH]c(C2(OCC3CC3)CCC(C(=O)O)(c3ccccc3)CC2)nc1C(Br)C1CC1. The molecular weight excluding hydrogens is 456 g/mol. The first-order valence-electron chi connectivity index (χ1n) is 11.6. The fourth-order valence-corrected chi connectivity index (χ4v) is 6.02. The number of aliphatic carboxylic acids is 1. The van der Waals surface area contributed by atoms with E-state index in [-0.39, 0.29) is 4.83 Å².